The third-order valence-electron chi connectivity index (χ3n) is 7.19. The van der Waals surface area contributed by atoms with E-state index < -0.39 is 22.0 Å². The highest BCUT2D eigenvalue weighted by Crippen LogP contribution is 2.66. The highest BCUT2D eigenvalue weighted by Gasteiger charge is 2.79. The van der Waals surface area contributed by atoms with Crippen molar-refractivity contribution in [1.82, 2.24) is 9.80 Å². The van der Waals surface area contributed by atoms with Crippen molar-refractivity contribution in [2.45, 2.75) is 22.7 Å². The Morgan fingerprint density at radius 1 is 1.12 bits per heavy atom. The lowest BCUT2D eigenvalue weighted by molar-refractivity contribution is -0.139. The van der Waals surface area contributed by atoms with Crippen molar-refractivity contribution in [2.24, 2.45) is 0 Å². The number of amides is 2. The van der Waals surface area contributed by atoms with E-state index in [2.05, 4.69) is 0 Å². The lowest BCUT2D eigenvalue weighted by atomic mass is 9.73. The van der Waals surface area contributed by atoms with Gasteiger partial charge in [-0.2, -0.15) is 0 Å². The number of hydrogen-bond donors (Lipinski definition) is 0. The van der Waals surface area contributed by atoms with Gasteiger partial charge in [0.05, 0.1) is 25.0 Å². The quantitative estimate of drug-likeness (QED) is 0.511. The number of anilines is 1. The Bertz CT molecular complexity index is 1330. The minimum absolute atomic E-state index is 0.143. The number of thioether (sulfide) groups is 1. The van der Waals surface area contributed by atoms with Gasteiger partial charge < -0.3 is 13.7 Å². The summed E-state index contributed by atoms with van der Waals surface area (Å²) < 4.78 is 24.8. The van der Waals surface area contributed by atoms with Gasteiger partial charge in [0.1, 0.15) is 26.4 Å². The molecule has 0 radical (unpaired) electrons. The average Bonchev–Trinajstić information content (AvgIpc) is 3.61. The first-order valence-corrected chi connectivity index (χ1v) is 11.9. The second kappa shape index (κ2) is 7.27. The molecule has 3 aromatic rings. The van der Waals surface area contributed by atoms with Crippen molar-refractivity contribution < 1.29 is 22.8 Å². The number of carbonyl (C=O) groups excluding carboxylic acids is 2. The van der Waals surface area contributed by atoms with Crippen LogP contribution >= 0.6 is 24.0 Å². The molecule has 2 aromatic heterocycles. The summed E-state index contributed by atoms with van der Waals surface area (Å²) in [5, 5.41) is 0. The van der Waals surface area contributed by atoms with Crippen LogP contribution in [0.4, 0.5) is 10.1 Å². The summed E-state index contributed by atoms with van der Waals surface area (Å²) in [6.07, 6.45) is 3.08. The molecule has 10 heteroatoms. The zero-order valence-electron chi connectivity index (χ0n) is 18.4. The maximum Gasteiger partial charge on any atom is 0.254 e. The summed E-state index contributed by atoms with van der Waals surface area (Å²) in [5.74, 6) is -0.443. The molecule has 2 spiro atoms. The first kappa shape index (κ1) is 21.6. The molecule has 2 amide bonds. The molecule has 0 bridgehead atoms. The number of benzene rings is 1. The number of fused-ring (bicyclic) bond motifs is 3. The fourth-order valence-corrected chi connectivity index (χ4v) is 7.91. The number of nitrogens with zero attached hydrogens (tertiary/aromatic N) is 3. The molecule has 2 fully saturated rings. The summed E-state index contributed by atoms with van der Waals surface area (Å²) >= 11 is 6.90. The fraction of sp³-hybridized carbons (Fsp3) is 0.292. The maximum absolute atomic E-state index is 14.6. The van der Waals surface area contributed by atoms with Gasteiger partial charge in [0.25, 0.3) is 5.91 Å². The smallest absolute Gasteiger partial charge is 0.254 e. The zero-order valence-corrected chi connectivity index (χ0v) is 20.0. The van der Waals surface area contributed by atoms with Gasteiger partial charge in [0.2, 0.25) is 5.91 Å². The highest BCUT2D eigenvalue weighted by molar-refractivity contribution is 8.25. The average molecular weight is 498 g/mol. The van der Waals surface area contributed by atoms with Gasteiger partial charge in [-0.3, -0.25) is 19.4 Å². The largest absolute Gasteiger partial charge is 0.469 e. The predicted molar refractivity (Wildman–Crippen MR) is 128 cm³/mol. The standard InChI is InChI=1S/C24H20FN3O4S2/c1-26-13-17(19-6-4-10-32-19)24(21(30)28(22(33)34-24)12-15-5-3-9-31-15)23(26)16-11-14(25)7-8-18(16)27(2)20(23)29/h3-11,17H,12-13H2,1-2H3/t17-,23+,24-/m1/s1. The van der Waals surface area contributed by atoms with Crippen LogP contribution in [0.15, 0.2) is 63.8 Å². The van der Waals surface area contributed by atoms with Gasteiger partial charge in [-0.25, -0.2) is 4.39 Å². The summed E-state index contributed by atoms with van der Waals surface area (Å²) in [7, 11) is 3.45. The van der Waals surface area contributed by atoms with Crippen molar-refractivity contribution in [2.75, 3.05) is 25.5 Å². The van der Waals surface area contributed by atoms with E-state index >= 15 is 0 Å². The summed E-state index contributed by atoms with van der Waals surface area (Å²) in [6, 6.07) is 11.4. The SMILES string of the molecule is CN1C(=O)[C@]2(c3cc(F)ccc31)N(C)C[C@H](c1ccco1)[C@]21SC(=S)N(Cc2ccco2)C1=O. The number of hydrogen-bond acceptors (Lipinski definition) is 7. The molecular formula is C24H20FN3O4S2. The minimum Gasteiger partial charge on any atom is -0.469 e. The lowest BCUT2D eigenvalue weighted by Gasteiger charge is -2.41. The normalized spacial score (nSPS) is 28.8. The molecule has 3 aliphatic rings. The fourth-order valence-electron chi connectivity index (χ4n) is 5.80. The van der Waals surface area contributed by atoms with E-state index in [1.165, 1.54) is 40.0 Å². The molecule has 34 heavy (non-hydrogen) atoms. The van der Waals surface area contributed by atoms with Crippen molar-refractivity contribution in [3.05, 3.63) is 77.9 Å². The number of halogens is 1. The van der Waals surface area contributed by atoms with E-state index in [4.69, 9.17) is 21.1 Å². The number of furan rings is 2. The van der Waals surface area contributed by atoms with E-state index in [0.29, 0.717) is 33.6 Å². The van der Waals surface area contributed by atoms with Gasteiger partial charge in [0.15, 0.2) is 5.54 Å². The second-order valence-corrected chi connectivity index (χ2v) is 10.6. The number of thiocarbonyl (C=S) groups is 1. The zero-order chi connectivity index (χ0) is 23.8. The Hall–Kier alpha value is -2.95. The molecule has 7 nitrogen and oxygen atoms in total. The Morgan fingerprint density at radius 2 is 1.88 bits per heavy atom. The van der Waals surface area contributed by atoms with Crippen LogP contribution in [0.1, 0.15) is 23.0 Å². The van der Waals surface area contributed by atoms with Crippen LogP contribution in [0.25, 0.3) is 0 Å². The molecule has 0 N–H and O–H groups in total. The molecule has 3 atom stereocenters. The number of carbonyl (C=O) groups is 2. The molecular weight excluding hydrogens is 477 g/mol. The van der Waals surface area contributed by atoms with Crippen molar-refractivity contribution in [1.29, 1.82) is 0 Å². The number of rotatable bonds is 3. The minimum atomic E-state index is -1.47. The third-order valence-corrected chi connectivity index (χ3v) is 9.14. The first-order chi connectivity index (χ1) is 16.3. The van der Waals surface area contributed by atoms with Gasteiger partial charge in [-0.1, -0.05) is 24.0 Å². The van der Waals surface area contributed by atoms with Gasteiger partial charge in [-0.05, 0) is 49.5 Å². The molecule has 0 aliphatic carbocycles. The molecule has 0 saturated carbocycles. The van der Waals surface area contributed by atoms with Gasteiger partial charge in [0, 0.05) is 24.8 Å². The first-order valence-electron chi connectivity index (χ1n) is 10.7. The van der Waals surface area contributed by atoms with E-state index in [0.717, 1.165) is 0 Å². The van der Waals surface area contributed by atoms with Crippen molar-refractivity contribution in [3.8, 4) is 0 Å². The van der Waals surface area contributed by atoms with Crippen LogP contribution in [0, 0.1) is 5.82 Å². The number of likely N-dealkylation sites (N-methyl/N-ethyl adjacent to an activating group) is 2. The molecule has 5 heterocycles. The van der Waals surface area contributed by atoms with E-state index in [9.17, 15) is 14.0 Å². The van der Waals surface area contributed by atoms with Crippen LogP contribution in [0.5, 0.6) is 0 Å². The lowest BCUT2D eigenvalue weighted by Crippen LogP contribution is -2.62. The highest BCUT2D eigenvalue weighted by atomic mass is 32.2. The van der Waals surface area contributed by atoms with E-state index in [1.54, 1.807) is 50.7 Å². The van der Waals surface area contributed by atoms with Crippen molar-refractivity contribution >= 4 is 45.8 Å². The van der Waals surface area contributed by atoms with Crippen LogP contribution in [-0.2, 0) is 21.7 Å². The van der Waals surface area contributed by atoms with Gasteiger partial charge in [-0.15, -0.1) is 0 Å². The summed E-state index contributed by atoms with van der Waals surface area (Å²) in [5.41, 5.74) is -0.443. The van der Waals surface area contributed by atoms with Crippen LogP contribution in [-0.4, -0.2) is 51.3 Å². The molecule has 1 aromatic carbocycles. The summed E-state index contributed by atoms with van der Waals surface area (Å²) in [6.45, 7) is 0.489. The van der Waals surface area contributed by atoms with Crippen molar-refractivity contribution in [3.63, 3.8) is 0 Å². The Balaban J connectivity index is 1.61. The second-order valence-electron chi connectivity index (χ2n) is 8.76. The molecule has 174 valence electrons. The number of likely N-dealkylation sites (tertiary alicyclic amines) is 1. The Labute approximate surface area is 204 Å². The van der Waals surface area contributed by atoms with Gasteiger partial charge >= 0.3 is 0 Å². The predicted octanol–water partition coefficient (Wildman–Crippen LogP) is 3.71. The van der Waals surface area contributed by atoms with Crippen LogP contribution in [0.3, 0.4) is 0 Å². The topological polar surface area (TPSA) is 70.1 Å². The molecule has 0 unspecified atom stereocenters. The van der Waals surface area contributed by atoms with Crippen LogP contribution in [0.2, 0.25) is 0 Å². The monoisotopic (exact) mass is 497 g/mol. The Kier molecular flexibility index (Phi) is 4.61. The molecule has 6 rings (SSSR count). The summed E-state index contributed by atoms with van der Waals surface area (Å²) in [4.78, 5) is 33.5. The Morgan fingerprint density at radius 3 is 2.59 bits per heavy atom. The molecule has 2 saturated heterocycles. The van der Waals surface area contributed by atoms with E-state index in [-0.39, 0.29) is 18.4 Å². The maximum atomic E-state index is 14.6. The van der Waals surface area contributed by atoms with E-state index in [1.807, 2.05) is 4.90 Å². The third kappa shape index (κ3) is 2.48. The van der Waals surface area contributed by atoms with Crippen LogP contribution < -0.4 is 4.90 Å². The molecule has 3 aliphatic heterocycles.